The van der Waals surface area contributed by atoms with E-state index in [0.717, 1.165) is 24.9 Å². The molecular formula is C10H20N2OS. The maximum atomic E-state index is 5.07. The predicted molar refractivity (Wildman–Crippen MR) is 63.0 cm³/mol. The molecule has 1 aliphatic rings. The molecule has 0 aliphatic carbocycles. The Morgan fingerprint density at radius 1 is 1.71 bits per heavy atom. The summed E-state index contributed by atoms with van der Waals surface area (Å²) in [6.07, 6.45) is 1.20. The largest absolute Gasteiger partial charge is 0.384 e. The van der Waals surface area contributed by atoms with Gasteiger partial charge in [-0.05, 0) is 12.3 Å². The average molecular weight is 216 g/mol. The minimum Gasteiger partial charge on any atom is -0.384 e. The molecule has 14 heavy (non-hydrogen) atoms. The van der Waals surface area contributed by atoms with Crippen LogP contribution in [0.1, 0.15) is 20.3 Å². The highest BCUT2D eigenvalue weighted by atomic mass is 32.2. The SMILES string of the molecule is CCC1CN=C(NCC(C)COC)S1. The number of hydrogen-bond donors (Lipinski definition) is 1. The molecule has 0 saturated heterocycles. The Morgan fingerprint density at radius 2 is 2.50 bits per heavy atom. The highest BCUT2D eigenvalue weighted by molar-refractivity contribution is 8.14. The van der Waals surface area contributed by atoms with E-state index in [1.807, 2.05) is 11.8 Å². The average Bonchev–Trinajstić information content (AvgIpc) is 2.63. The molecule has 1 aliphatic heterocycles. The van der Waals surface area contributed by atoms with Crippen LogP contribution in [0.25, 0.3) is 0 Å². The second-order valence-electron chi connectivity index (χ2n) is 3.74. The monoisotopic (exact) mass is 216 g/mol. The Balaban J connectivity index is 2.13. The highest BCUT2D eigenvalue weighted by Gasteiger charge is 2.17. The molecule has 0 radical (unpaired) electrons. The Morgan fingerprint density at radius 3 is 3.07 bits per heavy atom. The predicted octanol–water partition coefficient (Wildman–Crippen LogP) is 1.74. The van der Waals surface area contributed by atoms with E-state index in [1.165, 1.54) is 6.42 Å². The van der Waals surface area contributed by atoms with Crippen molar-refractivity contribution >= 4 is 16.9 Å². The molecule has 0 aromatic heterocycles. The van der Waals surface area contributed by atoms with Crippen molar-refractivity contribution in [2.45, 2.75) is 25.5 Å². The molecule has 0 aromatic carbocycles. The van der Waals surface area contributed by atoms with Crippen LogP contribution in [0.15, 0.2) is 4.99 Å². The molecule has 2 atom stereocenters. The summed E-state index contributed by atoms with van der Waals surface area (Å²) < 4.78 is 5.07. The molecule has 3 nitrogen and oxygen atoms in total. The first-order chi connectivity index (χ1) is 6.76. The van der Waals surface area contributed by atoms with E-state index in [2.05, 4.69) is 24.2 Å². The lowest BCUT2D eigenvalue weighted by Crippen LogP contribution is -2.27. The van der Waals surface area contributed by atoms with Gasteiger partial charge >= 0.3 is 0 Å². The van der Waals surface area contributed by atoms with Crippen molar-refractivity contribution in [3.63, 3.8) is 0 Å². The van der Waals surface area contributed by atoms with E-state index in [1.54, 1.807) is 7.11 Å². The van der Waals surface area contributed by atoms with Crippen LogP contribution in [0.3, 0.4) is 0 Å². The second kappa shape index (κ2) is 6.30. The maximum Gasteiger partial charge on any atom is 0.156 e. The van der Waals surface area contributed by atoms with Crippen LogP contribution in [0.4, 0.5) is 0 Å². The summed E-state index contributed by atoms with van der Waals surface area (Å²) >= 11 is 1.87. The van der Waals surface area contributed by atoms with Crippen molar-refractivity contribution in [2.75, 3.05) is 26.8 Å². The summed E-state index contributed by atoms with van der Waals surface area (Å²) in [4.78, 5) is 4.45. The first-order valence-electron chi connectivity index (χ1n) is 5.20. The summed E-state index contributed by atoms with van der Waals surface area (Å²) in [6.45, 7) is 7.12. The van der Waals surface area contributed by atoms with Crippen LogP contribution in [-0.4, -0.2) is 37.2 Å². The quantitative estimate of drug-likeness (QED) is 0.760. The molecule has 0 bridgehead atoms. The number of methoxy groups -OCH3 is 1. The van der Waals surface area contributed by atoms with Gasteiger partial charge in [0.25, 0.3) is 0 Å². The third kappa shape index (κ3) is 3.88. The van der Waals surface area contributed by atoms with E-state index in [4.69, 9.17) is 4.74 Å². The van der Waals surface area contributed by atoms with Gasteiger partial charge in [-0.2, -0.15) is 0 Å². The maximum absolute atomic E-state index is 5.07. The van der Waals surface area contributed by atoms with Crippen LogP contribution in [-0.2, 0) is 4.74 Å². The number of amidine groups is 1. The van der Waals surface area contributed by atoms with Gasteiger partial charge in [0.2, 0.25) is 0 Å². The van der Waals surface area contributed by atoms with Gasteiger partial charge in [-0.3, -0.25) is 4.99 Å². The zero-order valence-corrected chi connectivity index (χ0v) is 10.1. The number of thioether (sulfide) groups is 1. The molecule has 0 saturated carbocycles. The highest BCUT2D eigenvalue weighted by Crippen LogP contribution is 2.21. The summed E-state index contributed by atoms with van der Waals surface area (Å²) in [5.41, 5.74) is 0. The van der Waals surface area contributed by atoms with Gasteiger partial charge in [-0.25, -0.2) is 0 Å². The smallest absolute Gasteiger partial charge is 0.156 e. The molecule has 4 heteroatoms. The van der Waals surface area contributed by atoms with Crippen molar-refractivity contribution in [3.05, 3.63) is 0 Å². The van der Waals surface area contributed by atoms with Crippen molar-refractivity contribution in [1.82, 2.24) is 5.32 Å². The lowest BCUT2D eigenvalue weighted by Gasteiger charge is -2.12. The van der Waals surface area contributed by atoms with Crippen LogP contribution < -0.4 is 5.32 Å². The van der Waals surface area contributed by atoms with Crippen LogP contribution >= 0.6 is 11.8 Å². The molecule has 82 valence electrons. The number of ether oxygens (including phenoxy) is 1. The van der Waals surface area contributed by atoms with Crippen LogP contribution in [0.2, 0.25) is 0 Å². The summed E-state index contributed by atoms with van der Waals surface area (Å²) in [5, 5.41) is 5.16. The zero-order chi connectivity index (χ0) is 10.4. The van der Waals surface area contributed by atoms with E-state index in [9.17, 15) is 0 Å². The van der Waals surface area contributed by atoms with Crippen molar-refractivity contribution in [2.24, 2.45) is 10.9 Å². The number of nitrogens with zero attached hydrogens (tertiary/aromatic N) is 1. The number of nitrogens with one attached hydrogen (secondary N) is 1. The van der Waals surface area contributed by atoms with Crippen LogP contribution in [0, 0.1) is 5.92 Å². The van der Waals surface area contributed by atoms with Gasteiger partial charge in [0, 0.05) is 18.9 Å². The summed E-state index contributed by atoms with van der Waals surface area (Å²) in [6, 6.07) is 0. The molecular weight excluding hydrogens is 196 g/mol. The Kier molecular flexibility index (Phi) is 5.33. The van der Waals surface area contributed by atoms with Crippen LogP contribution in [0.5, 0.6) is 0 Å². The van der Waals surface area contributed by atoms with E-state index < -0.39 is 0 Å². The molecule has 1 rings (SSSR count). The zero-order valence-electron chi connectivity index (χ0n) is 9.25. The normalized spacial score (nSPS) is 23.4. The lowest BCUT2D eigenvalue weighted by atomic mass is 10.2. The molecule has 2 unspecified atom stereocenters. The number of hydrogen-bond acceptors (Lipinski definition) is 4. The molecule has 1 N–H and O–H groups in total. The van der Waals surface area contributed by atoms with Gasteiger partial charge in [0.1, 0.15) is 0 Å². The topological polar surface area (TPSA) is 33.6 Å². The van der Waals surface area contributed by atoms with E-state index >= 15 is 0 Å². The Hall–Kier alpha value is -0.220. The Labute approximate surface area is 90.7 Å². The van der Waals surface area contributed by atoms with Gasteiger partial charge in [0.05, 0.1) is 13.2 Å². The third-order valence-electron chi connectivity index (χ3n) is 2.23. The third-order valence-corrected chi connectivity index (χ3v) is 3.54. The molecule has 0 aromatic rings. The Bertz CT molecular complexity index is 197. The molecule has 0 fully saturated rings. The van der Waals surface area contributed by atoms with Gasteiger partial charge in [-0.1, -0.05) is 25.6 Å². The standard InChI is InChI=1S/C10H20N2OS/c1-4-9-6-12-10(14-9)11-5-8(2)7-13-3/h8-9H,4-7H2,1-3H3,(H,11,12). The van der Waals surface area contributed by atoms with E-state index in [0.29, 0.717) is 11.2 Å². The van der Waals surface area contributed by atoms with E-state index in [-0.39, 0.29) is 0 Å². The van der Waals surface area contributed by atoms with Gasteiger partial charge in [-0.15, -0.1) is 0 Å². The summed E-state index contributed by atoms with van der Waals surface area (Å²) in [7, 11) is 1.74. The summed E-state index contributed by atoms with van der Waals surface area (Å²) in [5.74, 6) is 0.545. The number of aliphatic imine (C=N–C) groups is 1. The number of rotatable bonds is 5. The minimum absolute atomic E-state index is 0.545. The fraction of sp³-hybridized carbons (Fsp3) is 0.900. The van der Waals surface area contributed by atoms with Crippen molar-refractivity contribution in [1.29, 1.82) is 0 Å². The molecule has 0 spiro atoms. The fourth-order valence-electron chi connectivity index (χ4n) is 1.33. The first-order valence-corrected chi connectivity index (χ1v) is 6.08. The van der Waals surface area contributed by atoms with Crippen molar-refractivity contribution < 1.29 is 4.74 Å². The first kappa shape index (κ1) is 11.9. The fourth-order valence-corrected chi connectivity index (χ4v) is 2.28. The molecule has 1 heterocycles. The van der Waals surface area contributed by atoms with Gasteiger partial charge < -0.3 is 10.1 Å². The van der Waals surface area contributed by atoms with Gasteiger partial charge in [0.15, 0.2) is 5.17 Å². The molecule has 0 amide bonds. The lowest BCUT2D eigenvalue weighted by molar-refractivity contribution is 0.161. The second-order valence-corrected chi connectivity index (χ2v) is 5.02. The minimum atomic E-state index is 0.545. The van der Waals surface area contributed by atoms with Crippen molar-refractivity contribution in [3.8, 4) is 0 Å².